The Bertz CT molecular complexity index is 329. The Morgan fingerprint density at radius 1 is 1.00 bits per heavy atom. The van der Waals surface area contributed by atoms with Crippen molar-refractivity contribution < 1.29 is 18.1 Å². The van der Waals surface area contributed by atoms with Gasteiger partial charge in [-0.2, -0.15) is 0 Å². The molecular weight excluding hydrogens is 227 g/mol. The zero-order chi connectivity index (χ0) is 11.9. The fourth-order valence-corrected chi connectivity index (χ4v) is 2.32. The lowest BCUT2D eigenvalue weighted by Gasteiger charge is -2.16. The lowest BCUT2D eigenvalue weighted by molar-refractivity contribution is 0.116. The van der Waals surface area contributed by atoms with Crippen molar-refractivity contribution in [3.63, 3.8) is 0 Å². The third kappa shape index (κ3) is 4.45. The maximum absolute atomic E-state index is 11.9. The molecule has 90 valence electrons. The smallest absolute Gasteiger partial charge is 0.287 e. The van der Waals surface area contributed by atoms with E-state index < -0.39 is 7.82 Å². The van der Waals surface area contributed by atoms with Gasteiger partial charge in [-0.3, -0.25) is 13.6 Å². The average Bonchev–Trinajstić information content (AvgIpc) is 2.29. The summed E-state index contributed by atoms with van der Waals surface area (Å²) in [5.74, 6) is 0. The minimum Gasteiger partial charge on any atom is -0.287 e. The molecule has 0 heterocycles. The summed E-state index contributed by atoms with van der Waals surface area (Å²) in [5.41, 5.74) is 0.933. The van der Waals surface area contributed by atoms with E-state index in [1.54, 1.807) is 13.8 Å². The maximum atomic E-state index is 11.9. The summed E-state index contributed by atoms with van der Waals surface area (Å²) in [5, 5.41) is 0. The second-order valence-corrected chi connectivity index (χ2v) is 4.71. The van der Waals surface area contributed by atoms with E-state index in [4.69, 9.17) is 13.6 Å². The summed E-state index contributed by atoms with van der Waals surface area (Å²) in [6, 6.07) is 9.48. The third-order valence-corrected chi connectivity index (χ3v) is 3.40. The molecule has 16 heavy (non-hydrogen) atoms. The molecule has 0 saturated carbocycles. The monoisotopic (exact) mass is 244 g/mol. The van der Waals surface area contributed by atoms with Crippen LogP contribution in [0.4, 0.5) is 0 Å². The van der Waals surface area contributed by atoms with Crippen LogP contribution in [0.15, 0.2) is 30.3 Å². The standard InChI is InChI=1S/C11H17O4P/c1-3-13-16(12,14-4-2)15-10-11-8-6-5-7-9-11/h5-9H,3-4,10H2,1-2H3. The van der Waals surface area contributed by atoms with Gasteiger partial charge >= 0.3 is 7.82 Å². The number of rotatable bonds is 7. The van der Waals surface area contributed by atoms with Crippen molar-refractivity contribution >= 4 is 7.82 Å². The minimum atomic E-state index is -3.38. The van der Waals surface area contributed by atoms with Crippen molar-refractivity contribution in [2.75, 3.05) is 13.2 Å². The van der Waals surface area contributed by atoms with Crippen LogP contribution >= 0.6 is 7.82 Å². The van der Waals surface area contributed by atoms with E-state index in [1.165, 1.54) is 0 Å². The fraction of sp³-hybridized carbons (Fsp3) is 0.455. The summed E-state index contributed by atoms with van der Waals surface area (Å²) < 4.78 is 27.1. The number of phosphoric acid groups is 1. The highest BCUT2D eigenvalue weighted by Gasteiger charge is 2.24. The molecule has 1 aromatic carbocycles. The number of benzene rings is 1. The van der Waals surface area contributed by atoms with Gasteiger partial charge < -0.3 is 0 Å². The van der Waals surface area contributed by atoms with Crippen molar-refractivity contribution in [3.05, 3.63) is 35.9 Å². The first-order chi connectivity index (χ1) is 7.70. The highest BCUT2D eigenvalue weighted by atomic mass is 31.2. The van der Waals surface area contributed by atoms with Gasteiger partial charge in [-0.25, -0.2) is 4.57 Å². The van der Waals surface area contributed by atoms with Crippen LogP contribution in [0.1, 0.15) is 19.4 Å². The quantitative estimate of drug-likeness (QED) is 0.690. The van der Waals surface area contributed by atoms with Crippen LogP contribution in [-0.2, 0) is 24.7 Å². The summed E-state index contributed by atoms with van der Waals surface area (Å²) in [6.45, 7) is 4.31. The molecule has 0 unspecified atom stereocenters. The molecule has 0 atom stereocenters. The molecule has 0 saturated heterocycles. The van der Waals surface area contributed by atoms with E-state index in [9.17, 15) is 4.57 Å². The highest BCUT2D eigenvalue weighted by molar-refractivity contribution is 7.48. The van der Waals surface area contributed by atoms with Crippen molar-refractivity contribution in [1.82, 2.24) is 0 Å². The molecule has 0 aromatic heterocycles. The predicted molar refractivity (Wildman–Crippen MR) is 62.1 cm³/mol. The molecule has 5 heteroatoms. The van der Waals surface area contributed by atoms with E-state index in [-0.39, 0.29) is 6.61 Å². The number of hydrogen-bond acceptors (Lipinski definition) is 4. The first kappa shape index (κ1) is 13.4. The summed E-state index contributed by atoms with van der Waals surface area (Å²) in [4.78, 5) is 0. The van der Waals surface area contributed by atoms with E-state index in [0.717, 1.165) is 5.56 Å². The molecule has 0 radical (unpaired) electrons. The molecule has 4 nitrogen and oxygen atoms in total. The fourth-order valence-electron chi connectivity index (χ4n) is 1.16. The van der Waals surface area contributed by atoms with Crippen LogP contribution in [0.2, 0.25) is 0 Å². The Morgan fingerprint density at radius 2 is 1.56 bits per heavy atom. The third-order valence-electron chi connectivity index (χ3n) is 1.81. The van der Waals surface area contributed by atoms with E-state index >= 15 is 0 Å². The Morgan fingerprint density at radius 3 is 2.06 bits per heavy atom. The van der Waals surface area contributed by atoms with Gasteiger partial charge in [0.05, 0.1) is 19.8 Å². The van der Waals surface area contributed by atoms with Gasteiger partial charge in [-0.15, -0.1) is 0 Å². The van der Waals surface area contributed by atoms with Crippen LogP contribution in [0, 0.1) is 0 Å². The Balaban J connectivity index is 2.53. The Labute approximate surface area is 96.1 Å². The lowest BCUT2D eigenvalue weighted by Crippen LogP contribution is -2.00. The van der Waals surface area contributed by atoms with E-state index in [0.29, 0.717) is 13.2 Å². The van der Waals surface area contributed by atoms with Gasteiger partial charge in [-0.1, -0.05) is 30.3 Å². The average molecular weight is 244 g/mol. The molecule has 0 fully saturated rings. The normalized spacial score (nSPS) is 11.6. The number of phosphoric ester groups is 1. The highest BCUT2D eigenvalue weighted by Crippen LogP contribution is 2.49. The van der Waals surface area contributed by atoms with Gasteiger partial charge in [0.1, 0.15) is 0 Å². The van der Waals surface area contributed by atoms with Gasteiger partial charge in [0.15, 0.2) is 0 Å². The summed E-state index contributed by atoms with van der Waals surface area (Å²) in [7, 11) is -3.38. The minimum absolute atomic E-state index is 0.220. The van der Waals surface area contributed by atoms with Crippen LogP contribution in [0.5, 0.6) is 0 Å². The van der Waals surface area contributed by atoms with Gasteiger partial charge in [0, 0.05) is 0 Å². The molecule has 0 aliphatic heterocycles. The van der Waals surface area contributed by atoms with Crippen LogP contribution < -0.4 is 0 Å². The maximum Gasteiger partial charge on any atom is 0.475 e. The zero-order valence-electron chi connectivity index (χ0n) is 9.59. The first-order valence-electron chi connectivity index (χ1n) is 5.27. The number of hydrogen-bond donors (Lipinski definition) is 0. The molecule has 0 amide bonds. The first-order valence-corrected chi connectivity index (χ1v) is 6.74. The zero-order valence-corrected chi connectivity index (χ0v) is 10.5. The predicted octanol–water partition coefficient (Wildman–Crippen LogP) is 3.38. The lowest BCUT2D eigenvalue weighted by atomic mass is 10.2. The molecule has 0 aliphatic rings. The Kier molecular flexibility index (Phi) is 5.71. The molecular formula is C11H17O4P. The summed E-state index contributed by atoms with van der Waals surface area (Å²) in [6.07, 6.45) is 0. The summed E-state index contributed by atoms with van der Waals surface area (Å²) >= 11 is 0. The SMILES string of the molecule is CCOP(=O)(OCC)OCc1ccccc1. The van der Waals surface area contributed by atoms with E-state index in [2.05, 4.69) is 0 Å². The van der Waals surface area contributed by atoms with Crippen molar-refractivity contribution in [1.29, 1.82) is 0 Å². The molecule has 0 N–H and O–H groups in total. The molecule has 0 aliphatic carbocycles. The van der Waals surface area contributed by atoms with Gasteiger partial charge in [0.25, 0.3) is 0 Å². The van der Waals surface area contributed by atoms with Gasteiger partial charge in [-0.05, 0) is 19.4 Å². The van der Waals surface area contributed by atoms with Crippen molar-refractivity contribution in [3.8, 4) is 0 Å². The molecule has 1 rings (SSSR count). The van der Waals surface area contributed by atoms with Crippen molar-refractivity contribution in [2.24, 2.45) is 0 Å². The second-order valence-electron chi connectivity index (χ2n) is 3.04. The Hall–Kier alpha value is -0.670. The topological polar surface area (TPSA) is 44.8 Å². The van der Waals surface area contributed by atoms with E-state index in [1.807, 2.05) is 30.3 Å². The molecule has 1 aromatic rings. The molecule has 0 bridgehead atoms. The largest absolute Gasteiger partial charge is 0.475 e. The molecule has 0 spiro atoms. The van der Waals surface area contributed by atoms with Crippen LogP contribution in [0.25, 0.3) is 0 Å². The van der Waals surface area contributed by atoms with Crippen LogP contribution in [-0.4, -0.2) is 13.2 Å². The van der Waals surface area contributed by atoms with Gasteiger partial charge in [0.2, 0.25) is 0 Å². The van der Waals surface area contributed by atoms with Crippen LogP contribution in [0.3, 0.4) is 0 Å². The van der Waals surface area contributed by atoms with Crippen molar-refractivity contribution in [2.45, 2.75) is 20.5 Å². The second kappa shape index (κ2) is 6.81.